The minimum absolute atomic E-state index is 0.0149. The van der Waals surface area contributed by atoms with E-state index >= 15 is 0 Å². The first kappa shape index (κ1) is 17.6. The van der Waals surface area contributed by atoms with Gasteiger partial charge in [-0.1, -0.05) is 31.4 Å². The number of benzene rings is 1. The van der Waals surface area contributed by atoms with Gasteiger partial charge in [0.1, 0.15) is 0 Å². The van der Waals surface area contributed by atoms with Crippen molar-refractivity contribution in [1.29, 1.82) is 0 Å². The second-order valence-electron chi connectivity index (χ2n) is 6.81. The third-order valence-electron chi connectivity index (χ3n) is 5.15. The van der Waals surface area contributed by atoms with Gasteiger partial charge in [-0.2, -0.15) is 0 Å². The zero-order chi connectivity index (χ0) is 17.8. The van der Waals surface area contributed by atoms with E-state index in [0.29, 0.717) is 17.5 Å². The van der Waals surface area contributed by atoms with Crippen molar-refractivity contribution < 1.29 is 14.3 Å². The molecule has 0 saturated heterocycles. The van der Waals surface area contributed by atoms with Gasteiger partial charge in [-0.25, -0.2) is 0 Å². The van der Waals surface area contributed by atoms with E-state index in [1.807, 2.05) is 30.3 Å². The van der Waals surface area contributed by atoms with E-state index in [2.05, 4.69) is 18.4 Å². The molecular formula is C21H27NO3. The number of hydrogen-bond acceptors (Lipinski definition) is 3. The molecule has 0 amide bonds. The number of ketones is 1. The van der Waals surface area contributed by atoms with Gasteiger partial charge in [-0.05, 0) is 44.9 Å². The van der Waals surface area contributed by atoms with Gasteiger partial charge >= 0.3 is 0 Å². The maximum Gasteiger partial charge on any atom is 0.202 e. The highest BCUT2D eigenvalue weighted by Crippen LogP contribution is 2.32. The average molecular weight is 341 g/mol. The molecule has 2 aromatic rings. The van der Waals surface area contributed by atoms with Crippen LogP contribution in [-0.4, -0.2) is 24.1 Å². The van der Waals surface area contributed by atoms with E-state index in [4.69, 9.17) is 9.47 Å². The standard InChI is InChI=1S/C21H27NO3/c1-15-13-18(16(2)22(15)17-9-5-4-6-10-17)19(23)14-25-21-12-8-7-11-20(21)24-3/h7-8,11-13,17H,4-6,9-10,14H2,1-3H3. The number of ether oxygens (including phenoxy) is 2. The van der Waals surface area contributed by atoms with Crippen LogP contribution >= 0.6 is 0 Å². The minimum Gasteiger partial charge on any atom is -0.493 e. The molecule has 0 atom stereocenters. The Bertz CT molecular complexity index is 742. The first-order chi connectivity index (χ1) is 12.1. The molecule has 1 aromatic carbocycles. The summed E-state index contributed by atoms with van der Waals surface area (Å²) in [6.07, 6.45) is 6.31. The molecule has 0 N–H and O–H groups in total. The fourth-order valence-corrected chi connectivity index (χ4v) is 3.92. The van der Waals surface area contributed by atoms with Crippen LogP contribution in [-0.2, 0) is 0 Å². The summed E-state index contributed by atoms with van der Waals surface area (Å²) in [7, 11) is 1.60. The highest BCUT2D eigenvalue weighted by atomic mass is 16.5. The first-order valence-corrected chi connectivity index (χ1v) is 9.09. The van der Waals surface area contributed by atoms with Gasteiger partial charge in [0.25, 0.3) is 0 Å². The van der Waals surface area contributed by atoms with E-state index in [-0.39, 0.29) is 12.4 Å². The third kappa shape index (κ3) is 3.73. The molecule has 1 aliphatic rings. The molecular weight excluding hydrogens is 314 g/mol. The van der Waals surface area contributed by atoms with Gasteiger partial charge in [-0.15, -0.1) is 0 Å². The van der Waals surface area contributed by atoms with E-state index in [0.717, 1.165) is 11.3 Å². The van der Waals surface area contributed by atoms with Crippen molar-refractivity contribution in [2.24, 2.45) is 0 Å². The quantitative estimate of drug-likeness (QED) is 0.703. The van der Waals surface area contributed by atoms with E-state index in [1.165, 1.54) is 37.8 Å². The van der Waals surface area contributed by atoms with Crippen molar-refractivity contribution in [3.05, 3.63) is 47.3 Å². The Hall–Kier alpha value is -2.23. The van der Waals surface area contributed by atoms with Gasteiger partial charge in [-0.3, -0.25) is 4.79 Å². The topological polar surface area (TPSA) is 40.5 Å². The fourth-order valence-electron chi connectivity index (χ4n) is 3.92. The first-order valence-electron chi connectivity index (χ1n) is 9.09. The smallest absolute Gasteiger partial charge is 0.202 e. The van der Waals surface area contributed by atoms with Crippen LogP contribution in [0.25, 0.3) is 0 Å². The van der Waals surface area contributed by atoms with Gasteiger partial charge in [0.2, 0.25) is 5.78 Å². The summed E-state index contributed by atoms with van der Waals surface area (Å²) in [5.41, 5.74) is 3.01. The second kappa shape index (κ2) is 7.77. The molecule has 134 valence electrons. The average Bonchev–Trinajstić information content (AvgIpc) is 2.95. The van der Waals surface area contributed by atoms with E-state index < -0.39 is 0 Å². The summed E-state index contributed by atoms with van der Waals surface area (Å²) in [4.78, 5) is 12.7. The number of rotatable bonds is 6. The lowest BCUT2D eigenvalue weighted by Gasteiger charge is -2.26. The van der Waals surface area contributed by atoms with Crippen LogP contribution in [0.1, 0.15) is 59.9 Å². The van der Waals surface area contributed by atoms with Gasteiger partial charge < -0.3 is 14.0 Å². The summed E-state index contributed by atoms with van der Waals surface area (Å²) in [6, 6.07) is 9.94. The maximum absolute atomic E-state index is 12.7. The number of methoxy groups -OCH3 is 1. The molecule has 1 aliphatic carbocycles. The van der Waals surface area contributed by atoms with Crippen LogP contribution in [0.2, 0.25) is 0 Å². The Morgan fingerprint density at radius 2 is 1.80 bits per heavy atom. The molecule has 25 heavy (non-hydrogen) atoms. The number of aryl methyl sites for hydroxylation is 1. The molecule has 0 spiro atoms. The molecule has 1 aromatic heterocycles. The van der Waals surface area contributed by atoms with Gasteiger partial charge in [0.15, 0.2) is 18.1 Å². The molecule has 1 fully saturated rings. The lowest BCUT2D eigenvalue weighted by Crippen LogP contribution is -2.17. The van der Waals surface area contributed by atoms with Crippen LogP contribution in [0, 0.1) is 13.8 Å². The monoisotopic (exact) mass is 341 g/mol. The Kier molecular flexibility index (Phi) is 5.47. The molecule has 0 bridgehead atoms. The predicted octanol–water partition coefficient (Wildman–Crippen LogP) is 4.88. The Labute approximate surface area is 149 Å². The van der Waals surface area contributed by atoms with Crippen molar-refractivity contribution in [2.75, 3.05) is 13.7 Å². The molecule has 1 heterocycles. The SMILES string of the molecule is COc1ccccc1OCC(=O)c1cc(C)n(C2CCCCC2)c1C. The highest BCUT2D eigenvalue weighted by Gasteiger charge is 2.22. The van der Waals surface area contributed by atoms with E-state index in [1.54, 1.807) is 7.11 Å². The second-order valence-corrected chi connectivity index (χ2v) is 6.81. The normalized spacial score (nSPS) is 15.2. The molecule has 0 aliphatic heterocycles. The van der Waals surface area contributed by atoms with Crippen molar-refractivity contribution in [1.82, 2.24) is 4.57 Å². The largest absolute Gasteiger partial charge is 0.493 e. The molecule has 3 rings (SSSR count). The summed E-state index contributed by atoms with van der Waals surface area (Å²) >= 11 is 0. The minimum atomic E-state index is 0.0149. The van der Waals surface area contributed by atoms with Crippen molar-refractivity contribution in [2.45, 2.75) is 52.0 Å². The van der Waals surface area contributed by atoms with Gasteiger partial charge in [0, 0.05) is 23.0 Å². The maximum atomic E-state index is 12.7. The van der Waals surface area contributed by atoms with E-state index in [9.17, 15) is 4.79 Å². The fraction of sp³-hybridized carbons (Fsp3) is 0.476. The number of nitrogens with zero attached hydrogens (tertiary/aromatic N) is 1. The van der Waals surface area contributed by atoms with Crippen molar-refractivity contribution in [3.63, 3.8) is 0 Å². The number of hydrogen-bond donors (Lipinski definition) is 0. The van der Waals surface area contributed by atoms with Crippen LogP contribution in [0.3, 0.4) is 0 Å². The molecule has 1 saturated carbocycles. The lowest BCUT2D eigenvalue weighted by atomic mass is 9.95. The van der Waals surface area contributed by atoms with Gasteiger partial charge in [0.05, 0.1) is 7.11 Å². The van der Waals surface area contributed by atoms with Crippen LogP contribution < -0.4 is 9.47 Å². The lowest BCUT2D eigenvalue weighted by molar-refractivity contribution is 0.0918. The number of Topliss-reactive ketones (excluding diaryl/α,β-unsaturated/α-hetero) is 1. The summed E-state index contributed by atoms with van der Waals surface area (Å²) < 4.78 is 13.3. The molecule has 4 nitrogen and oxygen atoms in total. The van der Waals surface area contributed by atoms with Crippen molar-refractivity contribution in [3.8, 4) is 11.5 Å². The van der Waals surface area contributed by atoms with Crippen LogP contribution in [0.4, 0.5) is 0 Å². The van der Waals surface area contributed by atoms with Crippen molar-refractivity contribution >= 4 is 5.78 Å². The molecule has 0 unspecified atom stereocenters. The zero-order valence-electron chi connectivity index (χ0n) is 15.4. The number of aromatic nitrogens is 1. The highest BCUT2D eigenvalue weighted by molar-refractivity contribution is 5.98. The molecule has 0 radical (unpaired) electrons. The number of carbonyl (C=O) groups is 1. The van der Waals surface area contributed by atoms with Crippen LogP contribution in [0.15, 0.2) is 30.3 Å². The zero-order valence-corrected chi connectivity index (χ0v) is 15.4. The summed E-state index contributed by atoms with van der Waals surface area (Å²) in [5, 5.41) is 0. The Morgan fingerprint density at radius 3 is 2.48 bits per heavy atom. The summed E-state index contributed by atoms with van der Waals surface area (Å²) in [6.45, 7) is 4.17. The molecule has 4 heteroatoms. The Morgan fingerprint density at radius 1 is 1.12 bits per heavy atom. The summed E-state index contributed by atoms with van der Waals surface area (Å²) in [5.74, 6) is 1.25. The number of carbonyl (C=O) groups excluding carboxylic acids is 1. The third-order valence-corrected chi connectivity index (χ3v) is 5.15. The predicted molar refractivity (Wildman–Crippen MR) is 98.8 cm³/mol. The van der Waals surface area contributed by atoms with Crippen LogP contribution in [0.5, 0.6) is 11.5 Å². The Balaban J connectivity index is 1.74. The number of para-hydroxylation sites is 2.